The molecule has 3 N–H and O–H groups in total. The molecule has 0 bridgehead atoms. The van der Waals surface area contributed by atoms with E-state index in [9.17, 15) is 10.2 Å². The molecule has 0 heterocycles. The average Bonchev–Trinajstić information content (AvgIpc) is 2.29. The molecule has 18 heavy (non-hydrogen) atoms. The number of hydrogen-bond donors (Lipinski definition) is 3. The van der Waals surface area contributed by atoms with Crippen LogP contribution in [0.3, 0.4) is 0 Å². The number of ether oxygens (including phenoxy) is 2. The van der Waals surface area contributed by atoms with E-state index >= 15 is 0 Å². The summed E-state index contributed by atoms with van der Waals surface area (Å²) in [6.07, 6.45) is 0. The highest BCUT2D eigenvalue weighted by atomic mass is 16.5. The normalized spacial score (nSPS) is 11.4. The van der Waals surface area contributed by atoms with Crippen molar-refractivity contribution < 1.29 is 19.7 Å². The standard InChI is InChI=1S/C13H21NO4/c1-13(2,16)8-14-7-9-5-10(17-3)12(15)11(6-9)18-4/h5-6,14-16H,7-8H2,1-4H3. The van der Waals surface area contributed by atoms with Gasteiger partial charge in [-0.25, -0.2) is 0 Å². The van der Waals surface area contributed by atoms with Crippen LogP contribution < -0.4 is 14.8 Å². The third-order valence-corrected chi connectivity index (χ3v) is 2.43. The van der Waals surface area contributed by atoms with Gasteiger partial charge in [0.1, 0.15) is 0 Å². The Hall–Kier alpha value is -1.46. The number of hydrogen-bond acceptors (Lipinski definition) is 5. The Kier molecular flexibility index (Phi) is 4.81. The molecular formula is C13H21NO4. The lowest BCUT2D eigenvalue weighted by atomic mass is 10.1. The number of nitrogens with one attached hydrogen (secondary N) is 1. The van der Waals surface area contributed by atoms with E-state index in [0.717, 1.165) is 5.56 Å². The summed E-state index contributed by atoms with van der Waals surface area (Å²) >= 11 is 0. The Morgan fingerprint density at radius 3 is 2.06 bits per heavy atom. The summed E-state index contributed by atoms with van der Waals surface area (Å²) in [4.78, 5) is 0. The van der Waals surface area contributed by atoms with Gasteiger partial charge >= 0.3 is 0 Å². The number of rotatable bonds is 6. The van der Waals surface area contributed by atoms with Crippen molar-refractivity contribution in [2.24, 2.45) is 0 Å². The molecular weight excluding hydrogens is 234 g/mol. The molecule has 0 aromatic heterocycles. The molecule has 1 aromatic carbocycles. The van der Waals surface area contributed by atoms with Crippen LogP contribution in [0.1, 0.15) is 19.4 Å². The van der Waals surface area contributed by atoms with Gasteiger partial charge in [-0.05, 0) is 31.5 Å². The van der Waals surface area contributed by atoms with Gasteiger partial charge in [0.25, 0.3) is 0 Å². The Morgan fingerprint density at radius 1 is 1.17 bits per heavy atom. The predicted molar refractivity (Wildman–Crippen MR) is 69.2 cm³/mol. The third kappa shape index (κ3) is 4.09. The fraction of sp³-hybridized carbons (Fsp3) is 0.538. The van der Waals surface area contributed by atoms with Crippen molar-refractivity contribution in [1.82, 2.24) is 5.32 Å². The number of methoxy groups -OCH3 is 2. The van der Waals surface area contributed by atoms with Crippen LogP contribution >= 0.6 is 0 Å². The smallest absolute Gasteiger partial charge is 0.200 e. The molecule has 0 unspecified atom stereocenters. The lowest BCUT2D eigenvalue weighted by Gasteiger charge is -2.18. The van der Waals surface area contributed by atoms with E-state index in [-0.39, 0.29) is 5.75 Å². The monoisotopic (exact) mass is 255 g/mol. The predicted octanol–water partition coefficient (Wildman–Crippen LogP) is 1.27. The van der Waals surface area contributed by atoms with Crippen molar-refractivity contribution in [3.05, 3.63) is 17.7 Å². The van der Waals surface area contributed by atoms with E-state index in [1.807, 2.05) is 0 Å². The highest BCUT2D eigenvalue weighted by Crippen LogP contribution is 2.36. The van der Waals surface area contributed by atoms with E-state index in [1.54, 1.807) is 26.0 Å². The Morgan fingerprint density at radius 2 is 1.67 bits per heavy atom. The van der Waals surface area contributed by atoms with Crippen LogP contribution in [0.4, 0.5) is 0 Å². The first-order chi connectivity index (χ1) is 8.37. The van der Waals surface area contributed by atoms with Gasteiger partial charge in [0.2, 0.25) is 5.75 Å². The molecule has 0 atom stereocenters. The SMILES string of the molecule is COc1cc(CNCC(C)(C)O)cc(OC)c1O. The van der Waals surface area contributed by atoms with Gasteiger partial charge in [0, 0.05) is 13.1 Å². The van der Waals surface area contributed by atoms with E-state index in [1.165, 1.54) is 14.2 Å². The molecule has 0 fully saturated rings. The molecule has 0 radical (unpaired) electrons. The molecule has 0 amide bonds. The molecule has 5 nitrogen and oxygen atoms in total. The molecule has 0 aliphatic carbocycles. The number of aromatic hydroxyl groups is 1. The van der Waals surface area contributed by atoms with Crippen molar-refractivity contribution in [3.63, 3.8) is 0 Å². The average molecular weight is 255 g/mol. The highest BCUT2D eigenvalue weighted by molar-refractivity contribution is 5.52. The van der Waals surface area contributed by atoms with Crippen molar-refractivity contribution in [3.8, 4) is 17.2 Å². The van der Waals surface area contributed by atoms with Crippen molar-refractivity contribution in [1.29, 1.82) is 0 Å². The second-order valence-electron chi connectivity index (χ2n) is 4.76. The summed E-state index contributed by atoms with van der Waals surface area (Å²) in [7, 11) is 2.98. The largest absolute Gasteiger partial charge is 0.502 e. The minimum atomic E-state index is -0.759. The fourth-order valence-corrected chi connectivity index (χ4v) is 1.56. The number of benzene rings is 1. The van der Waals surface area contributed by atoms with Crippen LogP contribution in [0.2, 0.25) is 0 Å². The minimum absolute atomic E-state index is 0.00811. The molecule has 0 saturated heterocycles. The molecule has 1 aromatic rings. The van der Waals surface area contributed by atoms with Crippen LogP contribution in [-0.4, -0.2) is 36.6 Å². The zero-order chi connectivity index (χ0) is 13.8. The molecule has 1 rings (SSSR count). The van der Waals surface area contributed by atoms with Crippen molar-refractivity contribution in [2.45, 2.75) is 26.0 Å². The maximum Gasteiger partial charge on any atom is 0.200 e. The molecule has 0 spiro atoms. The van der Waals surface area contributed by atoms with E-state index < -0.39 is 5.60 Å². The maximum atomic E-state index is 9.76. The van der Waals surface area contributed by atoms with Gasteiger partial charge in [0.15, 0.2) is 11.5 Å². The van der Waals surface area contributed by atoms with E-state index in [0.29, 0.717) is 24.6 Å². The second kappa shape index (κ2) is 5.93. The summed E-state index contributed by atoms with van der Waals surface area (Å²) in [5.74, 6) is 0.732. The molecule has 5 heteroatoms. The summed E-state index contributed by atoms with van der Waals surface area (Å²) in [6, 6.07) is 3.46. The summed E-state index contributed by atoms with van der Waals surface area (Å²) in [6.45, 7) is 4.49. The van der Waals surface area contributed by atoms with Gasteiger partial charge in [0.05, 0.1) is 19.8 Å². The summed E-state index contributed by atoms with van der Waals surface area (Å²) in [5.41, 5.74) is 0.149. The fourth-order valence-electron chi connectivity index (χ4n) is 1.56. The van der Waals surface area contributed by atoms with Gasteiger partial charge in [-0.3, -0.25) is 0 Å². The highest BCUT2D eigenvalue weighted by Gasteiger charge is 2.13. The van der Waals surface area contributed by atoms with E-state index in [2.05, 4.69) is 5.32 Å². The Labute approximate surface area is 107 Å². The van der Waals surface area contributed by atoms with Crippen molar-refractivity contribution in [2.75, 3.05) is 20.8 Å². The van der Waals surface area contributed by atoms with Gasteiger partial charge < -0.3 is 25.0 Å². The van der Waals surface area contributed by atoms with Crippen LogP contribution in [0.15, 0.2) is 12.1 Å². The van der Waals surface area contributed by atoms with Crippen molar-refractivity contribution >= 4 is 0 Å². The van der Waals surface area contributed by atoms with Crippen LogP contribution in [0, 0.1) is 0 Å². The number of phenols is 1. The second-order valence-corrected chi connectivity index (χ2v) is 4.76. The van der Waals surface area contributed by atoms with Gasteiger partial charge in [-0.15, -0.1) is 0 Å². The maximum absolute atomic E-state index is 9.76. The first kappa shape index (κ1) is 14.6. The zero-order valence-corrected chi connectivity index (χ0v) is 11.3. The summed E-state index contributed by atoms with van der Waals surface area (Å²) in [5, 5.41) is 22.5. The van der Waals surface area contributed by atoms with Gasteiger partial charge in [-0.2, -0.15) is 0 Å². The molecule has 102 valence electrons. The summed E-state index contributed by atoms with van der Waals surface area (Å²) < 4.78 is 10.1. The quantitative estimate of drug-likeness (QED) is 0.714. The molecule has 0 aliphatic heterocycles. The van der Waals surface area contributed by atoms with Crippen LogP contribution in [0.25, 0.3) is 0 Å². The lowest BCUT2D eigenvalue weighted by molar-refractivity contribution is 0.0795. The molecule has 0 aliphatic rings. The topological polar surface area (TPSA) is 71.0 Å². The number of phenolic OH excluding ortho intramolecular Hbond substituents is 1. The zero-order valence-electron chi connectivity index (χ0n) is 11.3. The first-order valence-corrected chi connectivity index (χ1v) is 5.74. The van der Waals surface area contributed by atoms with Crippen LogP contribution in [0.5, 0.6) is 17.2 Å². The Bertz CT molecular complexity index is 373. The van der Waals surface area contributed by atoms with Gasteiger partial charge in [-0.1, -0.05) is 0 Å². The first-order valence-electron chi connectivity index (χ1n) is 5.74. The molecule has 0 saturated carbocycles. The number of aliphatic hydroxyl groups is 1. The van der Waals surface area contributed by atoms with Crippen LogP contribution in [-0.2, 0) is 6.54 Å². The Balaban J connectivity index is 2.77. The third-order valence-electron chi connectivity index (χ3n) is 2.43. The van der Waals surface area contributed by atoms with E-state index in [4.69, 9.17) is 9.47 Å². The minimum Gasteiger partial charge on any atom is -0.502 e. The lowest BCUT2D eigenvalue weighted by Crippen LogP contribution is -2.34.